The van der Waals surface area contributed by atoms with Crippen LogP contribution in [0.25, 0.3) is 0 Å². The van der Waals surface area contributed by atoms with Crippen molar-refractivity contribution in [2.24, 2.45) is 0 Å². The predicted molar refractivity (Wildman–Crippen MR) is 44.5 cm³/mol. The lowest BCUT2D eigenvalue weighted by Gasteiger charge is -2.07. The number of halogens is 1. The topological polar surface area (TPSA) is 58.6 Å². The fraction of sp³-hybridized carbons (Fsp3) is 0.286. The van der Waals surface area contributed by atoms with Crippen molar-refractivity contribution >= 4 is 21.9 Å². The highest BCUT2D eigenvalue weighted by Gasteiger charge is 2.34. The minimum Gasteiger partial charge on any atom is -0.477 e. The molecular weight excluding hydrogens is 226 g/mol. The Hall–Kier alpha value is -0.970. The molecule has 5 heteroatoms. The first-order valence-electron chi connectivity index (χ1n) is 3.42. The van der Waals surface area contributed by atoms with Gasteiger partial charge in [0.05, 0.1) is 6.04 Å². The van der Waals surface area contributed by atoms with Crippen molar-refractivity contribution in [1.82, 2.24) is 5.32 Å². The van der Waals surface area contributed by atoms with Crippen LogP contribution < -0.4 is 5.32 Å². The number of rotatable bonds is 1. The Bertz CT molecular complexity index is 297. The van der Waals surface area contributed by atoms with Crippen LogP contribution in [0.4, 0.5) is 0 Å². The van der Waals surface area contributed by atoms with Gasteiger partial charge in [0.15, 0.2) is 4.67 Å². The van der Waals surface area contributed by atoms with Crippen LogP contribution in [-0.2, 0) is 9.53 Å². The van der Waals surface area contributed by atoms with Gasteiger partial charge in [-0.15, -0.1) is 0 Å². The maximum atomic E-state index is 10.5. The van der Waals surface area contributed by atoms with Crippen molar-refractivity contribution in [1.29, 1.82) is 0 Å². The Balaban J connectivity index is 2.14. The quantitative estimate of drug-likeness (QED) is 0.693. The molecule has 2 aliphatic rings. The number of carboxylic acid groups (broad SMARTS) is 1. The molecule has 2 heterocycles. The molecule has 2 aliphatic heterocycles. The van der Waals surface area contributed by atoms with Crippen LogP contribution in [-0.4, -0.2) is 23.2 Å². The average Bonchev–Trinajstić information content (AvgIpc) is 2.42. The van der Waals surface area contributed by atoms with Crippen molar-refractivity contribution < 1.29 is 14.6 Å². The molecule has 2 atom stereocenters. The molecule has 2 rings (SSSR count). The van der Waals surface area contributed by atoms with E-state index in [1.165, 1.54) is 0 Å². The normalized spacial score (nSPS) is 31.4. The summed E-state index contributed by atoms with van der Waals surface area (Å²) >= 11 is 3.17. The smallest absolute Gasteiger partial charge is 0.351 e. The van der Waals surface area contributed by atoms with Crippen molar-refractivity contribution in [2.45, 2.75) is 12.1 Å². The van der Waals surface area contributed by atoms with E-state index in [9.17, 15) is 4.79 Å². The van der Waals surface area contributed by atoms with Crippen LogP contribution in [0.2, 0.25) is 0 Å². The minimum absolute atomic E-state index is 0.0366. The van der Waals surface area contributed by atoms with Gasteiger partial charge in [-0.05, 0) is 28.1 Å². The SMILES string of the molecule is O=C(O)C1=C[C@H]2OC(Br)=C[C@@H]2N1. The van der Waals surface area contributed by atoms with Crippen molar-refractivity contribution in [3.63, 3.8) is 0 Å². The van der Waals surface area contributed by atoms with Crippen LogP contribution in [0, 0.1) is 0 Å². The van der Waals surface area contributed by atoms with Gasteiger partial charge in [-0.25, -0.2) is 4.79 Å². The Labute approximate surface area is 77.0 Å². The fourth-order valence-electron chi connectivity index (χ4n) is 1.27. The Morgan fingerprint density at radius 3 is 3.00 bits per heavy atom. The molecule has 0 aromatic carbocycles. The lowest BCUT2D eigenvalue weighted by atomic mass is 10.2. The van der Waals surface area contributed by atoms with Gasteiger partial charge in [0.1, 0.15) is 11.8 Å². The summed E-state index contributed by atoms with van der Waals surface area (Å²) in [6, 6.07) is -0.0366. The molecule has 12 heavy (non-hydrogen) atoms. The molecule has 64 valence electrons. The number of carbonyl (C=O) groups is 1. The molecule has 0 amide bonds. The molecule has 0 spiro atoms. The number of aliphatic carboxylic acids is 1. The zero-order valence-electron chi connectivity index (χ0n) is 5.95. The molecule has 0 aromatic rings. The van der Waals surface area contributed by atoms with Gasteiger partial charge in [-0.1, -0.05) is 0 Å². The Morgan fingerprint density at radius 1 is 1.67 bits per heavy atom. The summed E-state index contributed by atoms with van der Waals surface area (Å²) in [7, 11) is 0. The molecule has 0 bridgehead atoms. The Kier molecular flexibility index (Phi) is 1.61. The zero-order valence-corrected chi connectivity index (χ0v) is 7.54. The fourth-order valence-corrected chi connectivity index (χ4v) is 1.77. The highest BCUT2D eigenvalue weighted by atomic mass is 79.9. The van der Waals surface area contributed by atoms with E-state index in [-0.39, 0.29) is 17.8 Å². The maximum absolute atomic E-state index is 10.5. The largest absolute Gasteiger partial charge is 0.477 e. The third-order valence-corrected chi connectivity index (χ3v) is 2.25. The third-order valence-electron chi connectivity index (χ3n) is 1.80. The standard InChI is InChI=1S/C7H6BrNO3/c8-6-2-3-5(12-6)1-4(9-3)7(10)11/h1-3,5,9H,(H,10,11)/t3-,5+/m0/s1. The van der Waals surface area contributed by atoms with Gasteiger partial charge in [-0.3, -0.25) is 0 Å². The molecule has 2 N–H and O–H groups in total. The van der Waals surface area contributed by atoms with Crippen LogP contribution >= 0.6 is 15.9 Å². The van der Waals surface area contributed by atoms with Crippen LogP contribution in [0.3, 0.4) is 0 Å². The number of fused-ring (bicyclic) bond motifs is 1. The number of hydrogen-bond acceptors (Lipinski definition) is 3. The molecule has 0 unspecified atom stereocenters. The van der Waals surface area contributed by atoms with E-state index in [4.69, 9.17) is 9.84 Å². The predicted octanol–water partition coefficient (Wildman–Crippen LogP) is 0.562. The number of nitrogens with one attached hydrogen (secondary N) is 1. The highest BCUT2D eigenvalue weighted by Crippen LogP contribution is 2.27. The molecule has 0 saturated heterocycles. The van der Waals surface area contributed by atoms with Crippen molar-refractivity contribution in [2.75, 3.05) is 0 Å². The second-order valence-electron chi connectivity index (χ2n) is 2.61. The van der Waals surface area contributed by atoms with Crippen molar-refractivity contribution in [3.05, 3.63) is 22.5 Å². The lowest BCUT2D eigenvalue weighted by molar-refractivity contribution is -0.133. The summed E-state index contributed by atoms with van der Waals surface area (Å²) in [5.74, 6) is -0.947. The summed E-state index contributed by atoms with van der Waals surface area (Å²) in [6.45, 7) is 0. The first kappa shape index (κ1) is 7.67. The van der Waals surface area contributed by atoms with Crippen LogP contribution in [0.1, 0.15) is 0 Å². The molecule has 0 radical (unpaired) electrons. The minimum atomic E-state index is -0.947. The number of hydrogen-bond donors (Lipinski definition) is 2. The summed E-state index contributed by atoms with van der Waals surface area (Å²) in [5, 5.41) is 11.4. The molecule has 0 fully saturated rings. The summed E-state index contributed by atoms with van der Waals surface area (Å²) < 4.78 is 5.90. The van der Waals surface area contributed by atoms with E-state index in [0.29, 0.717) is 4.67 Å². The van der Waals surface area contributed by atoms with E-state index in [1.54, 1.807) is 12.2 Å². The van der Waals surface area contributed by atoms with E-state index >= 15 is 0 Å². The monoisotopic (exact) mass is 231 g/mol. The lowest BCUT2D eigenvalue weighted by Crippen LogP contribution is -2.28. The van der Waals surface area contributed by atoms with Gasteiger partial charge < -0.3 is 15.2 Å². The van der Waals surface area contributed by atoms with E-state index < -0.39 is 5.97 Å². The first-order chi connectivity index (χ1) is 5.66. The van der Waals surface area contributed by atoms with Gasteiger partial charge in [0, 0.05) is 0 Å². The van der Waals surface area contributed by atoms with E-state index in [0.717, 1.165) is 0 Å². The van der Waals surface area contributed by atoms with Gasteiger partial charge in [0.2, 0.25) is 0 Å². The summed E-state index contributed by atoms with van der Waals surface area (Å²) in [5.41, 5.74) is 0.209. The third kappa shape index (κ3) is 1.10. The second kappa shape index (κ2) is 2.52. The van der Waals surface area contributed by atoms with Gasteiger partial charge >= 0.3 is 5.97 Å². The summed E-state index contributed by atoms with van der Waals surface area (Å²) in [6.07, 6.45) is 3.19. The molecular formula is C7H6BrNO3. The number of ether oxygens (including phenoxy) is 1. The Morgan fingerprint density at radius 2 is 2.42 bits per heavy atom. The van der Waals surface area contributed by atoms with Gasteiger partial charge in [0.25, 0.3) is 0 Å². The van der Waals surface area contributed by atoms with E-state index in [1.807, 2.05) is 0 Å². The van der Waals surface area contributed by atoms with Gasteiger partial charge in [-0.2, -0.15) is 0 Å². The highest BCUT2D eigenvalue weighted by molar-refractivity contribution is 9.11. The zero-order chi connectivity index (χ0) is 8.72. The van der Waals surface area contributed by atoms with Crippen LogP contribution in [0.5, 0.6) is 0 Å². The van der Waals surface area contributed by atoms with E-state index in [2.05, 4.69) is 21.2 Å². The average molecular weight is 232 g/mol. The molecule has 0 saturated carbocycles. The molecule has 0 aromatic heterocycles. The first-order valence-corrected chi connectivity index (χ1v) is 4.22. The number of carboxylic acids is 1. The molecule has 0 aliphatic carbocycles. The summed E-state index contributed by atoms with van der Waals surface area (Å²) in [4.78, 5) is 10.5. The maximum Gasteiger partial charge on any atom is 0.351 e. The van der Waals surface area contributed by atoms with Crippen LogP contribution in [0.15, 0.2) is 22.5 Å². The van der Waals surface area contributed by atoms with Crippen molar-refractivity contribution in [3.8, 4) is 0 Å². The second-order valence-corrected chi connectivity index (χ2v) is 3.39. The molecule has 4 nitrogen and oxygen atoms in total.